The summed E-state index contributed by atoms with van der Waals surface area (Å²) in [6.07, 6.45) is 6.94. The van der Waals surface area contributed by atoms with Crippen molar-refractivity contribution in [1.29, 1.82) is 0 Å². The average Bonchev–Trinajstić information content (AvgIpc) is 2.60. The Kier molecular flexibility index (Phi) is 5.77. The van der Waals surface area contributed by atoms with Crippen LogP contribution in [0.15, 0.2) is 72.8 Å². The molecule has 0 fully saturated rings. The van der Waals surface area contributed by atoms with Crippen LogP contribution in [0.5, 0.6) is 0 Å². The molecule has 2 unspecified atom stereocenters. The molecule has 2 aromatic carbocycles. The van der Waals surface area contributed by atoms with Crippen LogP contribution in [-0.4, -0.2) is 0 Å². The lowest BCUT2D eigenvalue weighted by atomic mass is 9.86. The van der Waals surface area contributed by atoms with Gasteiger partial charge in [0.2, 0.25) is 0 Å². The number of hydrogen-bond acceptors (Lipinski definition) is 0. The molecule has 0 spiro atoms. The molecule has 1 aliphatic carbocycles. The zero-order valence-electron chi connectivity index (χ0n) is 14.1. The van der Waals surface area contributed by atoms with E-state index < -0.39 is 0 Å². The normalized spacial score (nSPS) is 19.9. The summed E-state index contributed by atoms with van der Waals surface area (Å²) in [4.78, 5) is 0. The molecule has 3 rings (SSSR count). The summed E-state index contributed by atoms with van der Waals surface area (Å²) in [5.74, 6) is 1.26. The lowest BCUT2D eigenvalue weighted by Crippen LogP contribution is -2.06. The third-order valence-corrected chi connectivity index (χ3v) is 4.18. The zero-order chi connectivity index (χ0) is 15.9. The fourth-order valence-corrected chi connectivity index (χ4v) is 2.60. The molecule has 2 atom stereocenters. The minimum absolute atomic E-state index is 0.615. The first kappa shape index (κ1) is 16.3. The van der Waals surface area contributed by atoms with E-state index in [1.165, 1.54) is 22.3 Å². The van der Waals surface area contributed by atoms with Crippen molar-refractivity contribution in [2.45, 2.75) is 27.7 Å². The lowest BCUT2D eigenvalue weighted by Gasteiger charge is -2.19. The Hall–Kier alpha value is -2.08. The topological polar surface area (TPSA) is 0 Å². The van der Waals surface area contributed by atoms with Gasteiger partial charge in [0.05, 0.1) is 0 Å². The highest BCUT2D eigenvalue weighted by Gasteiger charge is 2.12. The smallest absolute Gasteiger partial charge is 0.0184 e. The Morgan fingerprint density at radius 3 is 1.77 bits per heavy atom. The summed E-state index contributed by atoms with van der Waals surface area (Å²) in [5.41, 5.74) is 5.19. The Labute approximate surface area is 135 Å². The van der Waals surface area contributed by atoms with Crippen LogP contribution in [0, 0.1) is 11.8 Å². The Morgan fingerprint density at radius 2 is 1.18 bits per heavy atom. The van der Waals surface area contributed by atoms with E-state index in [4.69, 9.17) is 0 Å². The van der Waals surface area contributed by atoms with Crippen LogP contribution in [0.2, 0.25) is 0 Å². The van der Waals surface area contributed by atoms with Gasteiger partial charge in [-0.3, -0.25) is 0 Å². The number of rotatable bonds is 2. The van der Waals surface area contributed by atoms with Gasteiger partial charge in [0.1, 0.15) is 0 Å². The van der Waals surface area contributed by atoms with Crippen molar-refractivity contribution in [3.8, 4) is 11.1 Å². The molecule has 0 bridgehead atoms. The molecule has 0 aromatic heterocycles. The van der Waals surface area contributed by atoms with E-state index in [-0.39, 0.29) is 0 Å². The molecule has 0 amide bonds. The van der Waals surface area contributed by atoms with E-state index in [0.29, 0.717) is 11.8 Å². The molecule has 0 N–H and O–H groups in total. The molecule has 1 aliphatic rings. The fraction of sp³-hybridized carbons (Fsp3) is 0.273. The fourth-order valence-electron chi connectivity index (χ4n) is 2.60. The number of hydrogen-bond donors (Lipinski definition) is 0. The van der Waals surface area contributed by atoms with Crippen molar-refractivity contribution in [3.05, 3.63) is 78.4 Å². The predicted octanol–water partition coefficient (Wildman–Crippen LogP) is 6.61. The van der Waals surface area contributed by atoms with E-state index in [1.807, 2.05) is 13.8 Å². The van der Waals surface area contributed by atoms with Crippen LogP contribution in [0.4, 0.5) is 0 Å². The third-order valence-electron chi connectivity index (χ3n) is 4.18. The zero-order valence-corrected chi connectivity index (χ0v) is 14.1. The molecule has 0 nitrogen and oxygen atoms in total. The molecular formula is C22H26. The highest BCUT2D eigenvalue weighted by molar-refractivity contribution is 5.77. The van der Waals surface area contributed by atoms with Gasteiger partial charge in [0.15, 0.2) is 0 Å². The van der Waals surface area contributed by atoms with Gasteiger partial charge >= 0.3 is 0 Å². The largest absolute Gasteiger partial charge is 0.0805 e. The standard InChI is InChI=1S/C20H20.C2H6/c1-15-8-9-20(14-16(15)2)19-12-10-18(11-13-19)17-6-4-3-5-7-17;1-2/h3-16H,1-2H3;1-2H3. The van der Waals surface area contributed by atoms with Gasteiger partial charge in [-0.15, -0.1) is 0 Å². The Bertz CT molecular complexity index is 629. The van der Waals surface area contributed by atoms with Crippen molar-refractivity contribution >= 4 is 5.57 Å². The molecule has 0 radical (unpaired) electrons. The number of allylic oxidation sites excluding steroid dienone is 4. The van der Waals surface area contributed by atoms with Gasteiger partial charge in [-0.1, -0.05) is 101 Å². The molecule has 0 saturated carbocycles. The highest BCUT2D eigenvalue weighted by atomic mass is 14.2. The van der Waals surface area contributed by atoms with E-state index in [2.05, 4.69) is 86.7 Å². The second-order valence-corrected chi connectivity index (χ2v) is 5.64. The second-order valence-electron chi connectivity index (χ2n) is 5.64. The van der Waals surface area contributed by atoms with Crippen LogP contribution in [0.3, 0.4) is 0 Å². The Morgan fingerprint density at radius 1 is 0.636 bits per heavy atom. The van der Waals surface area contributed by atoms with Gasteiger partial charge < -0.3 is 0 Å². The SMILES string of the molecule is CC.CC1C=CC(c2ccc(-c3ccccc3)cc2)=CC1C. The van der Waals surface area contributed by atoms with Crippen molar-refractivity contribution in [2.24, 2.45) is 11.8 Å². The molecule has 0 aliphatic heterocycles. The summed E-state index contributed by atoms with van der Waals surface area (Å²) >= 11 is 0. The van der Waals surface area contributed by atoms with E-state index in [9.17, 15) is 0 Å². The van der Waals surface area contributed by atoms with E-state index in [1.54, 1.807) is 0 Å². The van der Waals surface area contributed by atoms with Crippen LogP contribution >= 0.6 is 0 Å². The monoisotopic (exact) mass is 290 g/mol. The average molecular weight is 290 g/mol. The van der Waals surface area contributed by atoms with Gasteiger partial charge in [-0.05, 0) is 34.1 Å². The van der Waals surface area contributed by atoms with Crippen molar-refractivity contribution < 1.29 is 0 Å². The lowest BCUT2D eigenvalue weighted by molar-refractivity contribution is 0.554. The summed E-state index contributed by atoms with van der Waals surface area (Å²) < 4.78 is 0. The van der Waals surface area contributed by atoms with Crippen LogP contribution in [0.1, 0.15) is 33.3 Å². The quantitative estimate of drug-likeness (QED) is 0.584. The first-order valence-corrected chi connectivity index (χ1v) is 8.30. The van der Waals surface area contributed by atoms with E-state index >= 15 is 0 Å². The van der Waals surface area contributed by atoms with Crippen LogP contribution in [-0.2, 0) is 0 Å². The summed E-state index contributed by atoms with van der Waals surface area (Å²) in [5, 5.41) is 0. The molecule has 114 valence electrons. The maximum absolute atomic E-state index is 2.38. The minimum Gasteiger partial charge on any atom is -0.0805 e. The van der Waals surface area contributed by atoms with Gasteiger partial charge in [0, 0.05) is 0 Å². The van der Waals surface area contributed by atoms with Crippen molar-refractivity contribution in [3.63, 3.8) is 0 Å². The first-order valence-electron chi connectivity index (χ1n) is 8.30. The third kappa shape index (κ3) is 3.76. The van der Waals surface area contributed by atoms with Crippen LogP contribution in [0.25, 0.3) is 16.7 Å². The first-order chi connectivity index (χ1) is 10.7. The second kappa shape index (κ2) is 7.79. The highest BCUT2D eigenvalue weighted by Crippen LogP contribution is 2.29. The van der Waals surface area contributed by atoms with Gasteiger partial charge in [-0.25, -0.2) is 0 Å². The summed E-state index contributed by atoms with van der Waals surface area (Å²) in [7, 11) is 0. The molecule has 22 heavy (non-hydrogen) atoms. The summed E-state index contributed by atoms with van der Waals surface area (Å²) in [6.45, 7) is 8.56. The molecule has 0 heterocycles. The molecular weight excluding hydrogens is 264 g/mol. The van der Waals surface area contributed by atoms with Crippen molar-refractivity contribution in [2.75, 3.05) is 0 Å². The molecule has 2 aromatic rings. The maximum atomic E-state index is 2.38. The van der Waals surface area contributed by atoms with E-state index in [0.717, 1.165) is 0 Å². The van der Waals surface area contributed by atoms with Crippen molar-refractivity contribution in [1.82, 2.24) is 0 Å². The number of benzene rings is 2. The summed E-state index contributed by atoms with van der Waals surface area (Å²) in [6, 6.07) is 19.4. The van der Waals surface area contributed by atoms with Gasteiger partial charge in [-0.2, -0.15) is 0 Å². The van der Waals surface area contributed by atoms with Crippen LogP contribution < -0.4 is 0 Å². The molecule has 0 saturated heterocycles. The molecule has 0 heteroatoms. The van der Waals surface area contributed by atoms with Gasteiger partial charge in [0.25, 0.3) is 0 Å². The maximum Gasteiger partial charge on any atom is -0.0184 e. The minimum atomic E-state index is 0.615. The predicted molar refractivity (Wildman–Crippen MR) is 98.7 cm³/mol. The Balaban J connectivity index is 0.000000847.